The molecule has 3 rings (SSSR count). The third-order valence-corrected chi connectivity index (χ3v) is 3.89. The number of rotatable bonds is 5. The van der Waals surface area contributed by atoms with Gasteiger partial charge in [-0.25, -0.2) is 4.68 Å². The fourth-order valence-electron chi connectivity index (χ4n) is 2.55. The lowest BCUT2D eigenvalue weighted by Crippen LogP contribution is -2.14. The summed E-state index contributed by atoms with van der Waals surface area (Å²) in [4.78, 5) is 32.4. The molecule has 0 radical (unpaired) electrons. The van der Waals surface area contributed by atoms with Crippen molar-refractivity contribution in [2.24, 2.45) is 0 Å². The fraction of sp³-hybridized carbons (Fsp3) is 0.0588. The van der Waals surface area contributed by atoms with Crippen molar-refractivity contribution in [3.8, 4) is 5.69 Å². The Kier molecular flexibility index (Phi) is 5.19. The number of hydrogen-bond acceptors (Lipinski definition) is 6. The van der Waals surface area contributed by atoms with E-state index in [2.05, 4.69) is 10.4 Å². The average molecular weight is 421 g/mol. The van der Waals surface area contributed by atoms with Crippen LogP contribution in [-0.4, -0.2) is 25.5 Å². The van der Waals surface area contributed by atoms with E-state index < -0.39 is 39.0 Å². The Hall–Kier alpha value is -4.29. The van der Waals surface area contributed by atoms with Crippen molar-refractivity contribution in [1.29, 1.82) is 0 Å². The molecule has 1 amide bonds. The van der Waals surface area contributed by atoms with E-state index >= 15 is 0 Å². The molecule has 3 aromatic rings. The Morgan fingerprint density at radius 2 is 1.53 bits per heavy atom. The minimum atomic E-state index is -4.61. The van der Waals surface area contributed by atoms with Crippen molar-refractivity contribution < 1.29 is 27.8 Å². The first kappa shape index (κ1) is 20.4. The van der Waals surface area contributed by atoms with Crippen molar-refractivity contribution in [3.05, 3.63) is 86.2 Å². The molecule has 0 aliphatic carbocycles. The number of nitro groups is 2. The van der Waals surface area contributed by atoms with Crippen molar-refractivity contribution >= 4 is 23.0 Å². The normalized spacial score (nSPS) is 11.2. The van der Waals surface area contributed by atoms with E-state index in [0.29, 0.717) is 10.7 Å². The highest BCUT2D eigenvalue weighted by Gasteiger charge is 2.35. The van der Waals surface area contributed by atoms with Crippen molar-refractivity contribution in [1.82, 2.24) is 9.78 Å². The molecule has 30 heavy (non-hydrogen) atoms. The minimum Gasteiger partial charge on any atom is -0.322 e. The van der Waals surface area contributed by atoms with Crippen LogP contribution in [0.25, 0.3) is 5.69 Å². The predicted molar refractivity (Wildman–Crippen MR) is 96.3 cm³/mol. The summed E-state index contributed by atoms with van der Waals surface area (Å²) in [7, 11) is 0. The lowest BCUT2D eigenvalue weighted by molar-refractivity contribution is -0.394. The molecule has 0 spiro atoms. The third-order valence-electron chi connectivity index (χ3n) is 3.89. The number of nitrogens with one attached hydrogen (secondary N) is 1. The molecule has 1 aromatic heterocycles. The Bertz CT molecular complexity index is 1110. The number of nitrogens with zero attached hydrogens (tertiary/aromatic N) is 4. The number of benzene rings is 2. The van der Waals surface area contributed by atoms with E-state index in [1.165, 1.54) is 24.3 Å². The second-order valence-electron chi connectivity index (χ2n) is 5.88. The van der Waals surface area contributed by atoms with Gasteiger partial charge in [0.2, 0.25) is 0 Å². The van der Waals surface area contributed by atoms with Crippen LogP contribution in [-0.2, 0) is 6.18 Å². The summed E-state index contributed by atoms with van der Waals surface area (Å²) in [6, 6.07) is 8.40. The molecular formula is C17H10F3N5O5. The number of carbonyl (C=O) groups is 1. The van der Waals surface area contributed by atoms with Gasteiger partial charge in [-0.15, -0.1) is 0 Å². The zero-order valence-electron chi connectivity index (χ0n) is 14.7. The van der Waals surface area contributed by atoms with Crippen LogP contribution in [0.5, 0.6) is 0 Å². The van der Waals surface area contributed by atoms with Gasteiger partial charge in [-0.05, 0) is 30.3 Å². The van der Waals surface area contributed by atoms with Crippen LogP contribution >= 0.6 is 0 Å². The summed E-state index contributed by atoms with van der Waals surface area (Å²) in [6.07, 6.45) is -3.62. The van der Waals surface area contributed by atoms with E-state index in [-0.39, 0.29) is 16.9 Å². The monoisotopic (exact) mass is 421 g/mol. The molecule has 154 valence electrons. The Labute approximate surface area is 164 Å². The molecular weight excluding hydrogens is 411 g/mol. The first-order chi connectivity index (χ1) is 14.1. The first-order valence-electron chi connectivity index (χ1n) is 8.03. The number of anilines is 1. The molecule has 0 fully saturated rings. The van der Waals surface area contributed by atoms with Gasteiger partial charge >= 0.3 is 6.18 Å². The van der Waals surface area contributed by atoms with Crippen LogP contribution in [0.15, 0.2) is 54.7 Å². The molecule has 1 N–H and O–H groups in total. The van der Waals surface area contributed by atoms with E-state index in [1.807, 2.05) is 0 Å². The summed E-state index contributed by atoms with van der Waals surface area (Å²) in [5.74, 6) is -0.871. The maximum absolute atomic E-state index is 13.0. The second-order valence-corrected chi connectivity index (χ2v) is 5.88. The zero-order valence-corrected chi connectivity index (χ0v) is 14.7. The number of nitro benzene ring substituents is 2. The lowest BCUT2D eigenvalue weighted by Gasteiger charge is -2.11. The Morgan fingerprint density at radius 3 is 2.03 bits per heavy atom. The molecule has 1 heterocycles. The smallest absolute Gasteiger partial charge is 0.322 e. The molecule has 0 atom stereocenters. The van der Waals surface area contributed by atoms with E-state index in [4.69, 9.17) is 0 Å². The molecule has 0 unspecified atom stereocenters. The van der Waals surface area contributed by atoms with Crippen LogP contribution in [0.4, 0.5) is 30.2 Å². The van der Waals surface area contributed by atoms with Crippen LogP contribution in [0.2, 0.25) is 0 Å². The van der Waals surface area contributed by atoms with Crippen LogP contribution in [0, 0.1) is 20.2 Å². The number of alkyl halides is 3. The van der Waals surface area contributed by atoms with Crippen LogP contribution in [0.3, 0.4) is 0 Å². The van der Waals surface area contributed by atoms with Gasteiger partial charge in [0.05, 0.1) is 33.4 Å². The molecule has 0 saturated heterocycles. The molecule has 0 aliphatic heterocycles. The lowest BCUT2D eigenvalue weighted by atomic mass is 10.1. The number of aromatic nitrogens is 2. The topological polar surface area (TPSA) is 133 Å². The number of carbonyl (C=O) groups excluding carboxylic acids is 1. The summed E-state index contributed by atoms with van der Waals surface area (Å²) < 4.78 is 39.6. The van der Waals surface area contributed by atoms with Gasteiger partial charge in [0.25, 0.3) is 17.3 Å². The number of hydrogen-bond donors (Lipinski definition) is 1. The molecule has 0 bridgehead atoms. The maximum atomic E-state index is 13.0. The Balaban J connectivity index is 1.84. The third kappa shape index (κ3) is 4.24. The molecule has 0 aliphatic rings. The van der Waals surface area contributed by atoms with Crippen molar-refractivity contribution in [3.63, 3.8) is 0 Å². The van der Waals surface area contributed by atoms with Crippen LogP contribution < -0.4 is 5.32 Å². The molecule has 13 heteroatoms. The van der Waals surface area contributed by atoms with Gasteiger partial charge in [-0.3, -0.25) is 25.0 Å². The summed E-state index contributed by atoms with van der Waals surface area (Å²) in [5.41, 5.74) is -2.35. The van der Waals surface area contributed by atoms with E-state index in [9.17, 15) is 38.2 Å². The van der Waals surface area contributed by atoms with E-state index in [1.54, 1.807) is 0 Å². The number of amides is 1. The number of non-ortho nitro benzene ring substituents is 2. The largest absolute Gasteiger partial charge is 0.433 e. The highest BCUT2D eigenvalue weighted by molar-refractivity contribution is 6.05. The van der Waals surface area contributed by atoms with Crippen molar-refractivity contribution in [2.75, 3.05) is 5.32 Å². The average Bonchev–Trinajstić information content (AvgIpc) is 3.18. The second kappa shape index (κ2) is 7.62. The van der Waals surface area contributed by atoms with Gasteiger partial charge in [0.15, 0.2) is 0 Å². The summed E-state index contributed by atoms with van der Waals surface area (Å²) >= 11 is 0. The minimum absolute atomic E-state index is 0.0799. The molecule has 10 nitrogen and oxygen atoms in total. The Morgan fingerprint density at radius 1 is 0.967 bits per heavy atom. The molecule has 0 saturated carbocycles. The summed E-state index contributed by atoms with van der Waals surface area (Å²) in [5, 5.41) is 27.8. The predicted octanol–water partition coefficient (Wildman–Crippen LogP) is 3.96. The standard InChI is InChI=1S/C17H10F3N5O5/c18-17(19,20)15-5-6-21-23(15)12-3-1-11(2-4-12)22-16(26)10-7-13(24(27)28)9-14(8-10)25(29)30/h1-9H,(H,22,26). The highest BCUT2D eigenvalue weighted by atomic mass is 19.4. The summed E-state index contributed by atoms with van der Waals surface area (Å²) in [6.45, 7) is 0. The van der Waals surface area contributed by atoms with Gasteiger partial charge in [0, 0.05) is 17.8 Å². The van der Waals surface area contributed by atoms with Crippen molar-refractivity contribution in [2.45, 2.75) is 6.18 Å². The molecule has 2 aromatic carbocycles. The zero-order chi connectivity index (χ0) is 22.1. The highest BCUT2D eigenvalue weighted by Crippen LogP contribution is 2.30. The first-order valence-corrected chi connectivity index (χ1v) is 8.03. The van der Waals surface area contributed by atoms with Crippen LogP contribution in [0.1, 0.15) is 16.1 Å². The van der Waals surface area contributed by atoms with Gasteiger partial charge < -0.3 is 5.32 Å². The van der Waals surface area contributed by atoms with E-state index in [0.717, 1.165) is 24.4 Å². The number of halogens is 3. The van der Waals surface area contributed by atoms with Gasteiger partial charge in [-0.2, -0.15) is 18.3 Å². The van der Waals surface area contributed by atoms with Gasteiger partial charge in [0.1, 0.15) is 5.69 Å². The maximum Gasteiger partial charge on any atom is 0.433 e. The quantitative estimate of drug-likeness (QED) is 0.490. The SMILES string of the molecule is O=C(Nc1ccc(-n2nccc2C(F)(F)F)cc1)c1cc([N+](=O)[O-])cc([N+](=O)[O-])c1. The fourth-order valence-corrected chi connectivity index (χ4v) is 2.55. The van der Waals surface area contributed by atoms with Gasteiger partial charge in [-0.1, -0.05) is 0 Å².